The van der Waals surface area contributed by atoms with E-state index in [9.17, 15) is 15.0 Å². The Morgan fingerprint density at radius 3 is 2.71 bits per heavy atom. The van der Waals surface area contributed by atoms with Crippen LogP contribution < -0.4 is 0 Å². The molecule has 5 heteroatoms. The van der Waals surface area contributed by atoms with Gasteiger partial charge in [-0.25, -0.2) is 0 Å². The topological polar surface area (TPSA) is 60.8 Å². The maximum Gasteiger partial charge on any atom is 0.258 e. The van der Waals surface area contributed by atoms with Crippen LogP contribution in [0.3, 0.4) is 0 Å². The first-order chi connectivity index (χ1) is 8.15. The van der Waals surface area contributed by atoms with E-state index in [1.165, 1.54) is 12.1 Å². The summed E-state index contributed by atoms with van der Waals surface area (Å²) in [5, 5.41) is 19.8. The second-order valence-corrected chi connectivity index (χ2v) is 4.89. The molecule has 0 aromatic heterocycles. The van der Waals surface area contributed by atoms with Gasteiger partial charge in [-0.15, -0.1) is 0 Å². The van der Waals surface area contributed by atoms with Crippen LogP contribution in [0.25, 0.3) is 0 Å². The van der Waals surface area contributed by atoms with Crippen molar-refractivity contribution < 1.29 is 15.0 Å². The molecule has 17 heavy (non-hydrogen) atoms. The Hall–Kier alpha value is -1.23. The number of amides is 1. The molecule has 1 fully saturated rings. The van der Waals surface area contributed by atoms with Crippen LogP contribution in [0.1, 0.15) is 23.2 Å². The third-order valence-corrected chi connectivity index (χ3v) is 3.17. The highest BCUT2D eigenvalue weighted by molar-refractivity contribution is 9.09. The molecule has 1 aliphatic carbocycles. The molecule has 0 aliphatic heterocycles. The van der Waals surface area contributed by atoms with E-state index in [-0.39, 0.29) is 29.0 Å². The summed E-state index contributed by atoms with van der Waals surface area (Å²) in [7, 11) is 0. The highest BCUT2D eigenvalue weighted by Crippen LogP contribution is 2.33. The summed E-state index contributed by atoms with van der Waals surface area (Å²) < 4.78 is 0. The van der Waals surface area contributed by atoms with Crippen LogP contribution in [0.15, 0.2) is 18.2 Å². The molecule has 0 radical (unpaired) electrons. The number of hydrogen-bond acceptors (Lipinski definition) is 3. The lowest BCUT2D eigenvalue weighted by atomic mass is 10.1. The first-order valence-corrected chi connectivity index (χ1v) is 6.65. The Labute approximate surface area is 108 Å². The molecule has 1 saturated carbocycles. The Balaban J connectivity index is 2.25. The van der Waals surface area contributed by atoms with Gasteiger partial charge in [0, 0.05) is 17.9 Å². The summed E-state index contributed by atoms with van der Waals surface area (Å²) in [5.41, 5.74) is 0.165. The number of benzene rings is 1. The smallest absolute Gasteiger partial charge is 0.258 e. The van der Waals surface area contributed by atoms with E-state index in [4.69, 9.17) is 0 Å². The summed E-state index contributed by atoms with van der Waals surface area (Å²) in [6.45, 7) is 0.610. The molecule has 0 saturated heterocycles. The lowest BCUT2D eigenvalue weighted by Gasteiger charge is -2.21. The predicted octanol–water partition coefficient (Wildman–Crippen LogP) is 2.10. The van der Waals surface area contributed by atoms with E-state index in [0.29, 0.717) is 11.9 Å². The number of phenols is 2. The molecule has 1 amide bonds. The molecule has 1 aromatic rings. The van der Waals surface area contributed by atoms with E-state index >= 15 is 0 Å². The fourth-order valence-electron chi connectivity index (χ4n) is 1.79. The van der Waals surface area contributed by atoms with Gasteiger partial charge in [-0.05, 0) is 25.0 Å². The van der Waals surface area contributed by atoms with Gasteiger partial charge in [-0.2, -0.15) is 0 Å². The molecule has 2 N–H and O–H groups in total. The van der Waals surface area contributed by atoms with E-state index < -0.39 is 0 Å². The zero-order valence-electron chi connectivity index (χ0n) is 9.27. The van der Waals surface area contributed by atoms with E-state index in [0.717, 1.165) is 12.8 Å². The van der Waals surface area contributed by atoms with Gasteiger partial charge in [-0.1, -0.05) is 22.0 Å². The van der Waals surface area contributed by atoms with Crippen LogP contribution in [0.5, 0.6) is 11.5 Å². The number of phenolic OH excluding ortho intramolecular Hbond substituents is 2. The average Bonchev–Trinajstić information content (AvgIpc) is 3.13. The minimum absolute atomic E-state index is 0.165. The van der Waals surface area contributed by atoms with Crippen molar-refractivity contribution in [2.75, 3.05) is 11.9 Å². The first-order valence-electron chi connectivity index (χ1n) is 5.53. The number of nitrogens with zero attached hydrogens (tertiary/aromatic N) is 1. The maximum atomic E-state index is 12.2. The number of alkyl halides is 1. The van der Waals surface area contributed by atoms with Gasteiger partial charge in [0.1, 0.15) is 0 Å². The molecule has 0 spiro atoms. The normalized spacial score (nSPS) is 14.6. The standard InChI is InChI=1S/C12H14BrNO3/c13-6-7-14(8-4-5-8)12(17)9-2-1-3-10(15)11(9)16/h1-3,8,15-16H,4-7H2. The van der Waals surface area contributed by atoms with Crippen molar-refractivity contribution in [1.29, 1.82) is 0 Å². The van der Waals surface area contributed by atoms with E-state index in [1.807, 2.05) is 0 Å². The number of carbonyl (C=O) groups is 1. The third kappa shape index (κ3) is 2.54. The summed E-state index contributed by atoms with van der Waals surface area (Å²) in [6.07, 6.45) is 2.02. The summed E-state index contributed by atoms with van der Waals surface area (Å²) >= 11 is 3.31. The van der Waals surface area contributed by atoms with Crippen molar-refractivity contribution in [2.45, 2.75) is 18.9 Å². The number of para-hydroxylation sites is 1. The Morgan fingerprint density at radius 2 is 2.12 bits per heavy atom. The predicted molar refractivity (Wildman–Crippen MR) is 67.6 cm³/mol. The zero-order chi connectivity index (χ0) is 12.4. The van der Waals surface area contributed by atoms with Crippen LogP contribution >= 0.6 is 15.9 Å². The fraction of sp³-hybridized carbons (Fsp3) is 0.417. The van der Waals surface area contributed by atoms with Crippen molar-refractivity contribution in [3.8, 4) is 11.5 Å². The highest BCUT2D eigenvalue weighted by Gasteiger charge is 2.33. The van der Waals surface area contributed by atoms with Crippen molar-refractivity contribution in [1.82, 2.24) is 4.90 Å². The van der Waals surface area contributed by atoms with Gasteiger partial charge in [0.05, 0.1) is 5.56 Å². The molecular formula is C12H14BrNO3. The number of hydrogen-bond donors (Lipinski definition) is 2. The quantitative estimate of drug-likeness (QED) is 0.661. The molecule has 2 rings (SSSR count). The summed E-state index contributed by atoms with van der Waals surface area (Å²) in [6, 6.07) is 4.72. The van der Waals surface area contributed by atoms with Crippen LogP contribution in [0.4, 0.5) is 0 Å². The second-order valence-electron chi connectivity index (χ2n) is 4.09. The molecule has 1 aliphatic rings. The molecule has 0 atom stereocenters. The van der Waals surface area contributed by atoms with Crippen molar-refractivity contribution in [3.63, 3.8) is 0 Å². The Morgan fingerprint density at radius 1 is 1.41 bits per heavy atom. The third-order valence-electron chi connectivity index (χ3n) is 2.82. The molecule has 0 heterocycles. The molecule has 92 valence electrons. The average molecular weight is 300 g/mol. The lowest BCUT2D eigenvalue weighted by Crippen LogP contribution is -2.34. The second kappa shape index (κ2) is 4.96. The van der Waals surface area contributed by atoms with Gasteiger partial charge < -0.3 is 15.1 Å². The number of carbonyl (C=O) groups excluding carboxylic acids is 1. The van der Waals surface area contributed by atoms with Crippen molar-refractivity contribution >= 4 is 21.8 Å². The Kier molecular flexibility index (Phi) is 3.57. The summed E-state index contributed by atoms with van der Waals surface area (Å²) in [4.78, 5) is 14.0. The van der Waals surface area contributed by atoms with Gasteiger partial charge in [0.2, 0.25) is 0 Å². The maximum absolute atomic E-state index is 12.2. The van der Waals surface area contributed by atoms with Crippen LogP contribution in [-0.2, 0) is 0 Å². The molecular weight excluding hydrogens is 286 g/mol. The largest absolute Gasteiger partial charge is 0.504 e. The van der Waals surface area contributed by atoms with Gasteiger partial charge in [-0.3, -0.25) is 4.79 Å². The van der Waals surface area contributed by atoms with Crippen LogP contribution in [-0.4, -0.2) is 38.9 Å². The van der Waals surface area contributed by atoms with Gasteiger partial charge in [0.25, 0.3) is 5.91 Å². The first kappa shape index (κ1) is 12.2. The highest BCUT2D eigenvalue weighted by atomic mass is 79.9. The molecule has 1 aromatic carbocycles. The van der Waals surface area contributed by atoms with E-state index in [1.54, 1.807) is 11.0 Å². The van der Waals surface area contributed by atoms with Gasteiger partial charge >= 0.3 is 0 Å². The molecule has 0 bridgehead atoms. The fourth-order valence-corrected chi connectivity index (χ4v) is 2.17. The molecule has 0 unspecified atom stereocenters. The summed E-state index contributed by atoms with van der Waals surface area (Å²) in [5.74, 6) is -0.816. The molecule has 4 nitrogen and oxygen atoms in total. The minimum atomic E-state index is -0.335. The van der Waals surface area contributed by atoms with Crippen LogP contribution in [0, 0.1) is 0 Å². The van der Waals surface area contributed by atoms with Crippen molar-refractivity contribution in [2.24, 2.45) is 0 Å². The number of rotatable bonds is 4. The van der Waals surface area contributed by atoms with E-state index in [2.05, 4.69) is 15.9 Å². The number of aromatic hydroxyl groups is 2. The van der Waals surface area contributed by atoms with Gasteiger partial charge in [0.15, 0.2) is 11.5 Å². The zero-order valence-corrected chi connectivity index (χ0v) is 10.9. The minimum Gasteiger partial charge on any atom is -0.504 e. The number of halogens is 1. The Bertz CT molecular complexity index is 432. The monoisotopic (exact) mass is 299 g/mol. The van der Waals surface area contributed by atoms with Crippen LogP contribution in [0.2, 0.25) is 0 Å². The SMILES string of the molecule is O=C(c1cccc(O)c1O)N(CCBr)C1CC1. The lowest BCUT2D eigenvalue weighted by molar-refractivity contribution is 0.0751. The van der Waals surface area contributed by atoms with Crippen molar-refractivity contribution in [3.05, 3.63) is 23.8 Å².